The molecule has 0 unspecified atom stereocenters. The molecule has 0 atom stereocenters. The number of nitrogens with zero attached hydrogens (tertiary/aromatic N) is 1. The van der Waals surface area contributed by atoms with Crippen LogP contribution >= 0.6 is 0 Å². The zero-order chi connectivity index (χ0) is 14.7. The van der Waals surface area contributed by atoms with Crippen molar-refractivity contribution in [3.8, 4) is 0 Å². The van der Waals surface area contributed by atoms with E-state index in [1.165, 1.54) is 5.56 Å². The molecule has 3 aromatic rings. The SMILES string of the molecule is Cc1ccc(CONc2nc(=O)oc3ccccc23)cc1. The zero-order valence-electron chi connectivity index (χ0n) is 11.5. The summed E-state index contributed by atoms with van der Waals surface area (Å²) in [6.07, 6.45) is 0. The van der Waals surface area contributed by atoms with Gasteiger partial charge < -0.3 is 4.42 Å². The van der Waals surface area contributed by atoms with Crippen molar-refractivity contribution < 1.29 is 9.25 Å². The van der Waals surface area contributed by atoms with Crippen molar-refractivity contribution >= 4 is 16.8 Å². The fourth-order valence-corrected chi connectivity index (χ4v) is 1.97. The minimum Gasteiger partial charge on any atom is -0.408 e. The summed E-state index contributed by atoms with van der Waals surface area (Å²) in [5.41, 5.74) is 5.41. The van der Waals surface area contributed by atoms with Crippen LogP contribution in [0.4, 0.5) is 5.82 Å². The summed E-state index contributed by atoms with van der Waals surface area (Å²) in [4.78, 5) is 20.6. The Balaban J connectivity index is 1.76. The Morgan fingerprint density at radius 3 is 2.71 bits per heavy atom. The van der Waals surface area contributed by atoms with Gasteiger partial charge in [0, 0.05) is 0 Å². The van der Waals surface area contributed by atoms with E-state index in [9.17, 15) is 4.79 Å². The fourth-order valence-electron chi connectivity index (χ4n) is 1.97. The van der Waals surface area contributed by atoms with Gasteiger partial charge in [0.2, 0.25) is 0 Å². The van der Waals surface area contributed by atoms with E-state index in [2.05, 4.69) is 10.5 Å². The second-order valence-electron chi connectivity index (χ2n) is 4.70. The number of para-hydroxylation sites is 1. The Hall–Kier alpha value is -2.66. The number of hydrogen-bond acceptors (Lipinski definition) is 5. The molecule has 0 bridgehead atoms. The van der Waals surface area contributed by atoms with Crippen molar-refractivity contribution in [3.05, 3.63) is 70.2 Å². The number of aromatic nitrogens is 1. The summed E-state index contributed by atoms with van der Waals surface area (Å²) >= 11 is 0. The van der Waals surface area contributed by atoms with Crippen molar-refractivity contribution in [1.29, 1.82) is 0 Å². The number of benzene rings is 2. The highest BCUT2D eigenvalue weighted by molar-refractivity contribution is 5.86. The normalized spacial score (nSPS) is 10.7. The van der Waals surface area contributed by atoms with Crippen LogP contribution in [0.25, 0.3) is 11.0 Å². The Morgan fingerprint density at radius 1 is 1.14 bits per heavy atom. The second-order valence-corrected chi connectivity index (χ2v) is 4.70. The highest BCUT2D eigenvalue weighted by atomic mass is 16.6. The van der Waals surface area contributed by atoms with Crippen molar-refractivity contribution in [2.45, 2.75) is 13.5 Å². The molecule has 21 heavy (non-hydrogen) atoms. The molecule has 0 radical (unpaired) electrons. The lowest BCUT2D eigenvalue weighted by Gasteiger charge is -2.08. The molecular weight excluding hydrogens is 268 g/mol. The van der Waals surface area contributed by atoms with E-state index >= 15 is 0 Å². The highest BCUT2D eigenvalue weighted by Gasteiger charge is 2.06. The summed E-state index contributed by atoms with van der Waals surface area (Å²) in [6.45, 7) is 2.40. The first-order valence-corrected chi connectivity index (χ1v) is 6.55. The van der Waals surface area contributed by atoms with Gasteiger partial charge in [0.25, 0.3) is 0 Å². The maximum Gasteiger partial charge on any atom is 0.441 e. The van der Waals surface area contributed by atoms with Crippen LogP contribution in [0.5, 0.6) is 0 Å². The van der Waals surface area contributed by atoms with Gasteiger partial charge in [0.1, 0.15) is 5.58 Å². The summed E-state index contributed by atoms with van der Waals surface area (Å²) in [7, 11) is 0. The Morgan fingerprint density at radius 2 is 1.90 bits per heavy atom. The predicted molar refractivity (Wildman–Crippen MR) is 79.9 cm³/mol. The first kappa shape index (κ1) is 13.3. The topological polar surface area (TPSA) is 64.4 Å². The molecule has 5 heteroatoms. The Bertz CT molecular complexity index is 810. The lowest BCUT2D eigenvalue weighted by molar-refractivity contribution is 0.179. The summed E-state index contributed by atoms with van der Waals surface area (Å²) in [5, 5.41) is 0.695. The smallest absolute Gasteiger partial charge is 0.408 e. The number of fused-ring (bicyclic) bond motifs is 1. The molecule has 0 amide bonds. The van der Waals surface area contributed by atoms with E-state index in [0.29, 0.717) is 23.4 Å². The molecule has 2 aromatic carbocycles. The van der Waals surface area contributed by atoms with E-state index in [0.717, 1.165) is 5.56 Å². The van der Waals surface area contributed by atoms with Gasteiger partial charge in [-0.1, -0.05) is 42.0 Å². The average Bonchev–Trinajstić information content (AvgIpc) is 2.49. The molecule has 0 aliphatic heterocycles. The molecule has 0 saturated heterocycles. The van der Waals surface area contributed by atoms with Crippen molar-refractivity contribution in [2.75, 3.05) is 5.48 Å². The Kier molecular flexibility index (Phi) is 3.66. The van der Waals surface area contributed by atoms with Crippen molar-refractivity contribution in [2.24, 2.45) is 0 Å². The number of nitrogens with one attached hydrogen (secondary N) is 1. The third-order valence-electron chi connectivity index (χ3n) is 3.07. The number of anilines is 1. The van der Waals surface area contributed by atoms with E-state index in [4.69, 9.17) is 9.25 Å². The average molecular weight is 282 g/mol. The van der Waals surface area contributed by atoms with E-state index in [1.54, 1.807) is 12.1 Å². The van der Waals surface area contributed by atoms with Crippen LogP contribution in [0.15, 0.2) is 57.7 Å². The van der Waals surface area contributed by atoms with Gasteiger partial charge in [-0.2, -0.15) is 4.98 Å². The van der Waals surface area contributed by atoms with Gasteiger partial charge in [0.05, 0.1) is 12.0 Å². The van der Waals surface area contributed by atoms with E-state index in [-0.39, 0.29) is 0 Å². The largest absolute Gasteiger partial charge is 0.441 e. The van der Waals surface area contributed by atoms with Crippen LogP contribution in [-0.4, -0.2) is 4.98 Å². The van der Waals surface area contributed by atoms with Crippen LogP contribution in [0.1, 0.15) is 11.1 Å². The molecule has 1 aromatic heterocycles. The van der Waals surface area contributed by atoms with Crippen LogP contribution in [0, 0.1) is 6.92 Å². The molecular formula is C16H14N2O3. The van der Waals surface area contributed by atoms with Crippen LogP contribution < -0.4 is 11.2 Å². The van der Waals surface area contributed by atoms with Gasteiger partial charge >= 0.3 is 5.76 Å². The van der Waals surface area contributed by atoms with Gasteiger partial charge in [-0.3, -0.25) is 4.84 Å². The molecule has 5 nitrogen and oxygen atoms in total. The molecule has 1 N–H and O–H groups in total. The summed E-state index contributed by atoms with van der Waals surface area (Å²) in [5.74, 6) is -0.302. The quantitative estimate of drug-likeness (QED) is 0.745. The fraction of sp³-hybridized carbons (Fsp3) is 0.125. The highest BCUT2D eigenvalue weighted by Crippen LogP contribution is 2.19. The van der Waals surface area contributed by atoms with Gasteiger partial charge in [0.15, 0.2) is 5.82 Å². The van der Waals surface area contributed by atoms with Crippen LogP contribution in [0.3, 0.4) is 0 Å². The zero-order valence-corrected chi connectivity index (χ0v) is 11.5. The molecule has 106 valence electrons. The van der Waals surface area contributed by atoms with E-state index in [1.807, 2.05) is 43.3 Å². The first-order valence-electron chi connectivity index (χ1n) is 6.55. The van der Waals surface area contributed by atoms with Gasteiger partial charge in [-0.05, 0) is 24.6 Å². The monoisotopic (exact) mass is 282 g/mol. The van der Waals surface area contributed by atoms with E-state index < -0.39 is 5.76 Å². The number of hydrogen-bond donors (Lipinski definition) is 1. The number of rotatable bonds is 4. The summed E-state index contributed by atoms with van der Waals surface area (Å²) < 4.78 is 5.02. The molecule has 0 saturated carbocycles. The maximum absolute atomic E-state index is 11.4. The van der Waals surface area contributed by atoms with Crippen LogP contribution in [0.2, 0.25) is 0 Å². The first-order chi connectivity index (χ1) is 10.2. The second kappa shape index (κ2) is 5.76. The number of aryl methyl sites for hydroxylation is 1. The summed E-state index contributed by atoms with van der Waals surface area (Å²) in [6, 6.07) is 15.2. The maximum atomic E-state index is 11.4. The minimum absolute atomic E-state index is 0.356. The van der Waals surface area contributed by atoms with Crippen LogP contribution in [-0.2, 0) is 11.4 Å². The molecule has 1 heterocycles. The van der Waals surface area contributed by atoms with Crippen molar-refractivity contribution in [3.63, 3.8) is 0 Å². The lowest BCUT2D eigenvalue weighted by Crippen LogP contribution is -2.10. The Labute approximate surface area is 121 Å². The third kappa shape index (κ3) is 3.09. The third-order valence-corrected chi connectivity index (χ3v) is 3.07. The molecule has 0 spiro atoms. The van der Waals surface area contributed by atoms with Gasteiger partial charge in [-0.25, -0.2) is 10.3 Å². The van der Waals surface area contributed by atoms with Gasteiger partial charge in [-0.15, -0.1) is 0 Å². The predicted octanol–water partition coefficient (Wildman–Crippen LogP) is 3.04. The lowest BCUT2D eigenvalue weighted by atomic mass is 10.2. The molecule has 3 rings (SSSR count). The standard InChI is InChI=1S/C16H14N2O3/c1-11-6-8-12(9-7-11)10-20-18-15-13-4-2-3-5-14(13)21-16(19)17-15/h2-9H,10H2,1H3,(H,17,18,19). The molecule has 0 aliphatic carbocycles. The minimum atomic E-state index is -0.657. The van der Waals surface area contributed by atoms with Crippen molar-refractivity contribution in [1.82, 2.24) is 4.98 Å². The molecule has 0 aliphatic rings. The molecule has 0 fully saturated rings.